The first-order chi connectivity index (χ1) is 15.9. The molecular formula is C24H21ClN6O2. The summed E-state index contributed by atoms with van der Waals surface area (Å²) in [6.07, 6.45) is 4.84. The van der Waals surface area contributed by atoms with Gasteiger partial charge in [-0.2, -0.15) is 5.10 Å². The van der Waals surface area contributed by atoms with Crippen LogP contribution in [0.5, 0.6) is 0 Å². The van der Waals surface area contributed by atoms with Crippen LogP contribution in [0.4, 0.5) is 21.9 Å². The molecule has 166 valence electrons. The Kier molecular flexibility index (Phi) is 6.37. The molecule has 0 unspecified atom stereocenters. The fraction of sp³-hybridized carbons (Fsp3) is 0.0833. The summed E-state index contributed by atoms with van der Waals surface area (Å²) < 4.78 is 1.58. The zero-order chi connectivity index (χ0) is 23.4. The largest absolute Gasteiger partial charge is 0.323 e. The number of amides is 3. The highest BCUT2D eigenvalue weighted by atomic mass is 35.5. The van der Waals surface area contributed by atoms with Crippen LogP contribution < -0.4 is 15.5 Å². The molecule has 0 saturated carbocycles. The molecule has 2 heterocycles. The number of hydrogen-bond acceptors (Lipinski definition) is 4. The predicted octanol–water partition coefficient (Wildman–Crippen LogP) is 5.15. The van der Waals surface area contributed by atoms with Gasteiger partial charge in [-0.05, 0) is 49.4 Å². The van der Waals surface area contributed by atoms with E-state index in [1.807, 2.05) is 25.1 Å². The van der Waals surface area contributed by atoms with E-state index in [-0.39, 0.29) is 5.91 Å². The van der Waals surface area contributed by atoms with E-state index in [9.17, 15) is 9.59 Å². The van der Waals surface area contributed by atoms with Crippen molar-refractivity contribution in [3.63, 3.8) is 0 Å². The Morgan fingerprint density at radius 1 is 1.00 bits per heavy atom. The third-order valence-electron chi connectivity index (χ3n) is 4.91. The maximum atomic E-state index is 13.0. The van der Waals surface area contributed by atoms with Gasteiger partial charge in [0.05, 0.1) is 46.4 Å². The Hall–Kier alpha value is -4.17. The minimum absolute atomic E-state index is 0.174. The van der Waals surface area contributed by atoms with Crippen molar-refractivity contribution in [1.29, 1.82) is 0 Å². The number of nitrogens with zero attached hydrogens (tertiary/aromatic N) is 4. The quantitative estimate of drug-likeness (QED) is 0.430. The van der Waals surface area contributed by atoms with Crippen LogP contribution >= 0.6 is 11.6 Å². The van der Waals surface area contributed by atoms with Gasteiger partial charge in [0.2, 0.25) is 0 Å². The number of benzene rings is 2. The number of urea groups is 1. The molecule has 9 heteroatoms. The van der Waals surface area contributed by atoms with E-state index >= 15 is 0 Å². The van der Waals surface area contributed by atoms with Crippen LogP contribution in [-0.4, -0.2) is 33.8 Å². The molecule has 0 radical (unpaired) electrons. The van der Waals surface area contributed by atoms with Crippen LogP contribution in [0.3, 0.4) is 0 Å². The molecule has 2 aromatic carbocycles. The highest BCUT2D eigenvalue weighted by Crippen LogP contribution is 2.21. The first kappa shape index (κ1) is 22.0. The van der Waals surface area contributed by atoms with E-state index in [4.69, 9.17) is 11.6 Å². The first-order valence-corrected chi connectivity index (χ1v) is 10.5. The summed E-state index contributed by atoms with van der Waals surface area (Å²) in [5, 5.41) is 10.1. The Balaban J connectivity index is 1.46. The van der Waals surface area contributed by atoms with Crippen molar-refractivity contribution >= 4 is 40.6 Å². The van der Waals surface area contributed by atoms with Crippen molar-refractivity contribution in [3.8, 4) is 5.69 Å². The number of halogens is 1. The summed E-state index contributed by atoms with van der Waals surface area (Å²) >= 11 is 6.07. The van der Waals surface area contributed by atoms with Crippen LogP contribution in [0.15, 0.2) is 79.3 Å². The van der Waals surface area contributed by atoms with Crippen LogP contribution in [0.2, 0.25) is 5.02 Å². The molecule has 33 heavy (non-hydrogen) atoms. The van der Waals surface area contributed by atoms with Gasteiger partial charge < -0.3 is 15.5 Å². The summed E-state index contributed by atoms with van der Waals surface area (Å²) in [6.45, 7) is 1.89. The normalized spacial score (nSPS) is 10.5. The smallest absolute Gasteiger partial charge is 0.310 e. The van der Waals surface area contributed by atoms with E-state index < -0.39 is 6.03 Å². The monoisotopic (exact) mass is 460 g/mol. The molecule has 0 fully saturated rings. The highest BCUT2D eigenvalue weighted by molar-refractivity contribution is 6.33. The van der Waals surface area contributed by atoms with Gasteiger partial charge in [-0.25, -0.2) is 9.48 Å². The second kappa shape index (κ2) is 9.54. The van der Waals surface area contributed by atoms with E-state index in [0.717, 1.165) is 5.69 Å². The lowest BCUT2D eigenvalue weighted by molar-refractivity contribution is 0.0993. The molecule has 0 aliphatic rings. The maximum Gasteiger partial charge on any atom is 0.323 e. The molecule has 3 amide bonds. The van der Waals surface area contributed by atoms with Gasteiger partial charge >= 0.3 is 6.03 Å². The SMILES string of the molecule is Cc1ccc(N(C)C(=O)c2cccc(-n3cc(NC(=O)Nc4ccccc4Cl)cn3)c2)cn1. The Labute approximate surface area is 195 Å². The molecule has 0 saturated heterocycles. The summed E-state index contributed by atoms with van der Waals surface area (Å²) in [5.41, 5.74) is 3.74. The zero-order valence-corrected chi connectivity index (χ0v) is 18.7. The second-order valence-electron chi connectivity index (χ2n) is 7.30. The van der Waals surface area contributed by atoms with Crippen molar-refractivity contribution in [2.24, 2.45) is 0 Å². The zero-order valence-electron chi connectivity index (χ0n) is 18.0. The molecule has 2 aromatic heterocycles. The van der Waals surface area contributed by atoms with Crippen molar-refractivity contribution in [2.45, 2.75) is 6.92 Å². The van der Waals surface area contributed by atoms with E-state index in [1.165, 1.54) is 6.20 Å². The summed E-state index contributed by atoms with van der Waals surface area (Å²) in [5.74, 6) is -0.174. The van der Waals surface area contributed by atoms with Gasteiger partial charge in [0.25, 0.3) is 5.91 Å². The number of para-hydroxylation sites is 1. The Morgan fingerprint density at radius 3 is 2.58 bits per heavy atom. The van der Waals surface area contributed by atoms with Crippen molar-refractivity contribution in [2.75, 3.05) is 22.6 Å². The van der Waals surface area contributed by atoms with Crippen molar-refractivity contribution in [3.05, 3.63) is 95.5 Å². The van der Waals surface area contributed by atoms with Gasteiger partial charge in [-0.15, -0.1) is 0 Å². The van der Waals surface area contributed by atoms with Gasteiger partial charge in [0.15, 0.2) is 0 Å². The minimum atomic E-state index is -0.445. The lowest BCUT2D eigenvalue weighted by atomic mass is 10.1. The third-order valence-corrected chi connectivity index (χ3v) is 5.24. The number of carbonyl (C=O) groups is 2. The molecule has 0 aliphatic heterocycles. The standard InChI is InChI=1S/C24H21ClN6O2/c1-16-10-11-20(14-26-16)30(2)23(32)17-6-5-7-19(12-17)31-15-18(13-27-31)28-24(33)29-22-9-4-3-8-21(22)25/h3-15H,1-2H3,(H2,28,29,33). The van der Waals surface area contributed by atoms with Crippen LogP contribution in [0.1, 0.15) is 16.1 Å². The number of carbonyl (C=O) groups excluding carboxylic acids is 2. The summed E-state index contributed by atoms with van der Waals surface area (Å²) in [4.78, 5) is 31.0. The average molecular weight is 461 g/mol. The van der Waals surface area contributed by atoms with Crippen LogP contribution in [0, 0.1) is 6.92 Å². The number of rotatable bonds is 5. The topological polar surface area (TPSA) is 92.2 Å². The number of hydrogen-bond donors (Lipinski definition) is 2. The summed E-state index contributed by atoms with van der Waals surface area (Å²) in [6, 6.07) is 17.3. The van der Waals surface area contributed by atoms with Gasteiger partial charge in [0.1, 0.15) is 0 Å². The molecule has 0 bridgehead atoms. The van der Waals surface area contributed by atoms with Gasteiger partial charge in [0, 0.05) is 18.3 Å². The van der Waals surface area contributed by atoms with Crippen molar-refractivity contribution in [1.82, 2.24) is 14.8 Å². The number of anilines is 3. The summed E-state index contributed by atoms with van der Waals surface area (Å²) in [7, 11) is 1.70. The second-order valence-corrected chi connectivity index (χ2v) is 7.71. The molecule has 8 nitrogen and oxygen atoms in total. The maximum absolute atomic E-state index is 13.0. The molecule has 2 N–H and O–H groups in total. The molecule has 0 aliphatic carbocycles. The van der Waals surface area contributed by atoms with E-state index in [1.54, 1.807) is 71.5 Å². The first-order valence-electron chi connectivity index (χ1n) is 10.1. The fourth-order valence-electron chi connectivity index (χ4n) is 3.13. The molecule has 0 atom stereocenters. The van der Waals surface area contributed by atoms with E-state index in [0.29, 0.717) is 33.3 Å². The number of aryl methyl sites for hydroxylation is 1. The Morgan fingerprint density at radius 2 is 1.82 bits per heavy atom. The third kappa shape index (κ3) is 5.19. The molecular weight excluding hydrogens is 440 g/mol. The molecule has 4 rings (SSSR count). The lowest BCUT2D eigenvalue weighted by Crippen LogP contribution is -2.26. The fourth-order valence-corrected chi connectivity index (χ4v) is 3.31. The lowest BCUT2D eigenvalue weighted by Gasteiger charge is -2.17. The molecule has 0 spiro atoms. The molecule has 4 aromatic rings. The van der Waals surface area contributed by atoms with Crippen molar-refractivity contribution < 1.29 is 9.59 Å². The average Bonchev–Trinajstić information content (AvgIpc) is 3.28. The number of pyridine rings is 1. The van der Waals surface area contributed by atoms with Crippen LogP contribution in [0.25, 0.3) is 5.69 Å². The van der Waals surface area contributed by atoms with Gasteiger partial charge in [-0.1, -0.05) is 29.8 Å². The minimum Gasteiger partial charge on any atom is -0.310 e. The predicted molar refractivity (Wildman–Crippen MR) is 129 cm³/mol. The number of aromatic nitrogens is 3. The van der Waals surface area contributed by atoms with Crippen LogP contribution in [-0.2, 0) is 0 Å². The highest BCUT2D eigenvalue weighted by Gasteiger charge is 2.15. The Bertz CT molecular complexity index is 1300. The number of nitrogens with one attached hydrogen (secondary N) is 2. The van der Waals surface area contributed by atoms with E-state index in [2.05, 4.69) is 20.7 Å². The van der Waals surface area contributed by atoms with Gasteiger partial charge in [-0.3, -0.25) is 9.78 Å².